The van der Waals surface area contributed by atoms with Gasteiger partial charge in [0.15, 0.2) is 11.8 Å². The second kappa shape index (κ2) is 18.0. The molecule has 1 spiro atoms. The van der Waals surface area contributed by atoms with Crippen molar-refractivity contribution in [3.05, 3.63) is 32.7 Å². The lowest BCUT2D eigenvalue weighted by Crippen LogP contribution is -2.62. The third kappa shape index (κ3) is 9.30. The van der Waals surface area contributed by atoms with Crippen molar-refractivity contribution < 1.29 is 38.0 Å². The summed E-state index contributed by atoms with van der Waals surface area (Å²) < 4.78 is 38.5. The van der Waals surface area contributed by atoms with E-state index in [1.165, 1.54) is 0 Å². The number of rotatable bonds is 23. The highest BCUT2D eigenvalue weighted by molar-refractivity contribution is 9.13. The van der Waals surface area contributed by atoms with E-state index in [-0.39, 0.29) is 18.0 Å². The number of urea groups is 1. The van der Waals surface area contributed by atoms with Crippen LogP contribution in [0, 0.1) is 0 Å². The Hall–Kier alpha value is -2.16. The standard InChI is InChI=1S/C29H44Br2N8O8/c30-23-17-24-26(40)38-20-22(18-29(38)27(33-28(41)34-29)39(24)25(23)31)47-6-2-1-3-21-19-37(36-35-21)5-8-43-10-12-45-14-16-46-15-13-44-11-9-42-7-4-32/h17,19,22,27H,1-16,18,20,32H2,(H2,33,34,41)/t22-,27-,29+/m0/s1. The number of unbranched alkanes of at least 4 members (excludes halogenated alkanes) is 1. The lowest BCUT2D eigenvalue weighted by Gasteiger charge is -2.43. The van der Waals surface area contributed by atoms with E-state index in [4.69, 9.17) is 34.2 Å². The Kier molecular flexibility index (Phi) is 13.8. The molecule has 2 aromatic heterocycles. The summed E-state index contributed by atoms with van der Waals surface area (Å²) in [4.78, 5) is 27.6. The fourth-order valence-electron chi connectivity index (χ4n) is 5.93. The summed E-state index contributed by atoms with van der Waals surface area (Å²) in [5, 5.41) is 14.5. The molecule has 2 saturated heterocycles. The van der Waals surface area contributed by atoms with E-state index in [1.54, 1.807) is 15.6 Å². The minimum Gasteiger partial charge on any atom is -0.378 e. The second-order valence-electron chi connectivity index (χ2n) is 11.4. The van der Waals surface area contributed by atoms with E-state index in [9.17, 15) is 9.59 Å². The van der Waals surface area contributed by atoms with Gasteiger partial charge in [0.2, 0.25) is 0 Å². The van der Waals surface area contributed by atoms with Crippen LogP contribution in [0.2, 0.25) is 0 Å². The van der Waals surface area contributed by atoms with Crippen molar-refractivity contribution in [2.75, 3.05) is 85.8 Å². The first-order chi connectivity index (χ1) is 22.9. The van der Waals surface area contributed by atoms with Crippen molar-refractivity contribution in [2.45, 2.75) is 50.2 Å². The molecule has 16 nitrogen and oxygen atoms in total. The van der Waals surface area contributed by atoms with Crippen LogP contribution in [-0.4, -0.2) is 134 Å². The van der Waals surface area contributed by atoms with Gasteiger partial charge in [0.05, 0.1) is 88.9 Å². The molecule has 262 valence electrons. The van der Waals surface area contributed by atoms with Crippen molar-refractivity contribution in [1.82, 2.24) is 35.1 Å². The zero-order valence-corrected chi connectivity index (χ0v) is 29.5. The van der Waals surface area contributed by atoms with Crippen LogP contribution in [0.1, 0.15) is 41.6 Å². The molecule has 0 aliphatic carbocycles. The lowest BCUT2D eigenvalue weighted by molar-refractivity contribution is -0.0111. The summed E-state index contributed by atoms with van der Waals surface area (Å²) in [6.07, 6.45) is 4.34. The Labute approximate surface area is 290 Å². The van der Waals surface area contributed by atoms with Crippen LogP contribution >= 0.6 is 31.9 Å². The van der Waals surface area contributed by atoms with Crippen LogP contribution in [0.15, 0.2) is 21.3 Å². The van der Waals surface area contributed by atoms with Crippen LogP contribution in [0.3, 0.4) is 0 Å². The Morgan fingerprint density at radius 2 is 1.57 bits per heavy atom. The number of hydrogen-bond acceptors (Lipinski definition) is 11. The molecule has 3 amide bonds. The molecule has 3 aliphatic rings. The Balaban J connectivity index is 0.885. The minimum absolute atomic E-state index is 0.134. The van der Waals surface area contributed by atoms with E-state index >= 15 is 0 Å². The van der Waals surface area contributed by atoms with Gasteiger partial charge in [-0.1, -0.05) is 5.21 Å². The molecule has 0 aromatic carbocycles. The van der Waals surface area contributed by atoms with Gasteiger partial charge in [-0.15, -0.1) is 5.10 Å². The number of nitrogens with zero attached hydrogens (tertiary/aromatic N) is 5. The van der Waals surface area contributed by atoms with E-state index in [0.29, 0.717) is 109 Å². The van der Waals surface area contributed by atoms with Crippen molar-refractivity contribution in [3.63, 3.8) is 0 Å². The fourth-order valence-corrected chi connectivity index (χ4v) is 6.85. The highest BCUT2D eigenvalue weighted by Gasteiger charge is 2.62. The van der Waals surface area contributed by atoms with Gasteiger partial charge in [-0.25, -0.2) is 9.48 Å². The predicted octanol–water partition coefficient (Wildman–Crippen LogP) is 1.42. The molecule has 5 heterocycles. The number of nitrogens with one attached hydrogen (secondary N) is 2. The summed E-state index contributed by atoms with van der Waals surface area (Å²) in [7, 11) is 0. The predicted molar refractivity (Wildman–Crippen MR) is 175 cm³/mol. The van der Waals surface area contributed by atoms with E-state index in [2.05, 4.69) is 52.8 Å². The molecule has 18 heteroatoms. The zero-order valence-electron chi connectivity index (χ0n) is 26.4. The molecule has 0 saturated carbocycles. The summed E-state index contributed by atoms with van der Waals surface area (Å²) >= 11 is 7.04. The molecule has 0 unspecified atom stereocenters. The van der Waals surface area contributed by atoms with Crippen molar-refractivity contribution in [2.24, 2.45) is 5.73 Å². The number of aromatic nitrogens is 4. The third-order valence-electron chi connectivity index (χ3n) is 8.09. The average Bonchev–Trinajstić information content (AvgIpc) is 3.82. The summed E-state index contributed by atoms with van der Waals surface area (Å²) in [5.74, 6) is -0.134. The second-order valence-corrected chi connectivity index (χ2v) is 13.0. The van der Waals surface area contributed by atoms with Crippen molar-refractivity contribution in [3.8, 4) is 0 Å². The van der Waals surface area contributed by atoms with Gasteiger partial charge in [-0.3, -0.25) is 4.79 Å². The van der Waals surface area contributed by atoms with E-state index in [1.807, 2.05) is 10.8 Å². The molecule has 0 radical (unpaired) electrons. The van der Waals surface area contributed by atoms with Crippen LogP contribution in [0.5, 0.6) is 0 Å². The Morgan fingerprint density at radius 1 is 0.915 bits per heavy atom. The van der Waals surface area contributed by atoms with Gasteiger partial charge in [0, 0.05) is 32.3 Å². The number of carbonyl (C=O) groups is 2. The summed E-state index contributed by atoms with van der Waals surface area (Å²) in [6.45, 7) is 7.26. The van der Waals surface area contributed by atoms with Gasteiger partial charge in [0.1, 0.15) is 10.3 Å². The minimum atomic E-state index is -0.867. The molecule has 47 heavy (non-hydrogen) atoms. The number of carbonyl (C=O) groups excluding carboxylic acids is 2. The lowest BCUT2D eigenvalue weighted by atomic mass is 10.0. The number of nitrogens with two attached hydrogens (primary N) is 1. The highest BCUT2D eigenvalue weighted by atomic mass is 79.9. The topological polar surface area (TPSA) is 178 Å². The van der Waals surface area contributed by atoms with Gasteiger partial charge in [-0.2, -0.15) is 0 Å². The number of halogens is 2. The normalized spacial score (nSPS) is 21.6. The quantitative estimate of drug-likeness (QED) is 0.139. The molecular weight excluding hydrogens is 748 g/mol. The zero-order chi connectivity index (χ0) is 33.1. The number of fused-ring (bicyclic) bond motifs is 2. The Bertz CT molecular complexity index is 1320. The number of ether oxygens (including phenoxy) is 6. The molecule has 4 N–H and O–H groups in total. The third-order valence-corrected chi connectivity index (χ3v) is 10.0. The van der Waals surface area contributed by atoms with E-state index in [0.717, 1.165) is 29.4 Å². The number of amides is 3. The molecule has 3 aliphatic heterocycles. The first-order valence-corrected chi connectivity index (χ1v) is 17.6. The molecule has 2 aromatic rings. The first-order valence-electron chi connectivity index (χ1n) is 16.0. The largest absolute Gasteiger partial charge is 0.378 e. The maximum absolute atomic E-state index is 13.4. The van der Waals surface area contributed by atoms with Crippen molar-refractivity contribution >= 4 is 43.8 Å². The number of aryl methyl sites for hydroxylation is 1. The molecule has 0 bridgehead atoms. The average molecular weight is 793 g/mol. The van der Waals surface area contributed by atoms with Crippen LogP contribution < -0.4 is 16.4 Å². The first kappa shape index (κ1) is 36.1. The molecule has 5 rings (SSSR count). The van der Waals surface area contributed by atoms with Gasteiger partial charge in [-0.05, 0) is 57.2 Å². The van der Waals surface area contributed by atoms with Crippen molar-refractivity contribution in [1.29, 1.82) is 0 Å². The van der Waals surface area contributed by atoms with Crippen LogP contribution in [0.4, 0.5) is 4.79 Å². The SMILES string of the molecule is NCCOCCOCCOCCOCCOCCn1cc(CCCCO[C@@H]2CN3C(=O)c4cc(Br)c(Br)n4[C@@H]4NC(=O)N[C@@]43C2)nn1. The van der Waals surface area contributed by atoms with Gasteiger partial charge >= 0.3 is 6.03 Å². The molecular formula is C29H44Br2N8O8. The Morgan fingerprint density at radius 3 is 2.26 bits per heavy atom. The summed E-state index contributed by atoms with van der Waals surface area (Å²) in [5.41, 5.74) is 5.91. The number of hydrogen-bond donors (Lipinski definition) is 3. The smallest absolute Gasteiger partial charge is 0.318 e. The highest BCUT2D eigenvalue weighted by Crippen LogP contribution is 2.47. The molecule has 2 fully saturated rings. The fraction of sp³-hybridized carbons (Fsp3) is 0.724. The van der Waals surface area contributed by atoms with Gasteiger partial charge < -0.3 is 54.3 Å². The van der Waals surface area contributed by atoms with Crippen LogP contribution in [0.25, 0.3) is 0 Å². The van der Waals surface area contributed by atoms with E-state index < -0.39 is 11.8 Å². The molecule has 3 atom stereocenters. The van der Waals surface area contributed by atoms with Crippen LogP contribution in [-0.2, 0) is 41.4 Å². The maximum atomic E-state index is 13.4. The maximum Gasteiger partial charge on any atom is 0.318 e. The summed E-state index contributed by atoms with van der Waals surface area (Å²) in [6, 6.07) is 1.47. The van der Waals surface area contributed by atoms with Gasteiger partial charge in [0.25, 0.3) is 5.91 Å². The monoisotopic (exact) mass is 790 g/mol.